The van der Waals surface area contributed by atoms with Gasteiger partial charge in [0, 0.05) is 28.5 Å². The fourth-order valence-corrected chi connectivity index (χ4v) is 3.69. The molecule has 0 radical (unpaired) electrons. The van der Waals surface area contributed by atoms with E-state index in [9.17, 15) is 18.5 Å². The summed E-state index contributed by atoms with van der Waals surface area (Å²) in [6, 6.07) is 3.98. The van der Waals surface area contributed by atoms with Crippen molar-refractivity contribution in [1.82, 2.24) is 0 Å². The van der Waals surface area contributed by atoms with Crippen molar-refractivity contribution in [3.8, 4) is 0 Å². The molecule has 0 N–H and O–H groups in total. The molecule has 0 aliphatic rings. The summed E-state index contributed by atoms with van der Waals surface area (Å²) in [5.41, 5.74) is -0.207. The van der Waals surface area contributed by atoms with E-state index in [4.69, 9.17) is 0 Å². The number of nitro groups is 1. The molecule has 0 aliphatic carbocycles. The Hall–Kier alpha value is -1.08. The lowest BCUT2D eigenvalue weighted by Crippen LogP contribution is -2.08. The van der Waals surface area contributed by atoms with Crippen molar-refractivity contribution in [2.24, 2.45) is 5.92 Å². The molecule has 0 aromatic heterocycles. The maximum Gasteiger partial charge on any atom is 0.270 e. The Kier molecular flexibility index (Phi) is 4.98. The van der Waals surface area contributed by atoms with Gasteiger partial charge in [0.25, 0.3) is 5.69 Å². The van der Waals surface area contributed by atoms with Gasteiger partial charge in [-0.05, 0) is 12.0 Å². The summed E-state index contributed by atoms with van der Waals surface area (Å²) in [4.78, 5) is 10.7. The lowest BCUT2D eigenvalue weighted by molar-refractivity contribution is -0.385. The molecule has 0 aliphatic heterocycles. The van der Waals surface area contributed by atoms with Gasteiger partial charge in [-0.1, -0.05) is 20.8 Å². The van der Waals surface area contributed by atoms with Crippen LogP contribution in [0.3, 0.4) is 0 Å². The maximum absolute atomic E-state index is 11.7. The zero-order valence-electron chi connectivity index (χ0n) is 11.3. The highest BCUT2D eigenvalue weighted by atomic mass is 32.2. The van der Waals surface area contributed by atoms with Crippen LogP contribution in [0, 0.1) is 16.0 Å². The molecule has 1 unspecified atom stereocenters. The van der Waals surface area contributed by atoms with Crippen LogP contribution in [0.25, 0.3) is 0 Å². The van der Waals surface area contributed by atoms with Crippen LogP contribution in [-0.2, 0) is 9.84 Å². The Morgan fingerprint density at radius 3 is 2.26 bits per heavy atom. The van der Waals surface area contributed by atoms with Crippen molar-refractivity contribution in [3.05, 3.63) is 28.3 Å². The fraction of sp³-hybridized carbons (Fsp3) is 0.500. The van der Waals surface area contributed by atoms with Crippen LogP contribution < -0.4 is 0 Å². The summed E-state index contributed by atoms with van der Waals surface area (Å²) < 4.78 is 23.5. The van der Waals surface area contributed by atoms with Crippen molar-refractivity contribution in [2.45, 2.75) is 35.8 Å². The van der Waals surface area contributed by atoms with Gasteiger partial charge in [0.15, 0.2) is 9.84 Å². The minimum atomic E-state index is -3.49. The number of hydrogen-bond acceptors (Lipinski definition) is 5. The molecule has 5 nitrogen and oxygen atoms in total. The summed E-state index contributed by atoms with van der Waals surface area (Å²) in [7, 11) is -3.49. The van der Waals surface area contributed by atoms with Gasteiger partial charge < -0.3 is 0 Å². The minimum absolute atomic E-state index is 0.0270. The van der Waals surface area contributed by atoms with Crippen molar-refractivity contribution >= 4 is 27.3 Å². The van der Waals surface area contributed by atoms with Gasteiger partial charge in [-0.3, -0.25) is 10.1 Å². The van der Waals surface area contributed by atoms with Gasteiger partial charge in [0.05, 0.1) is 9.82 Å². The lowest BCUT2D eigenvalue weighted by Gasteiger charge is -2.16. The topological polar surface area (TPSA) is 77.3 Å². The molecule has 0 heterocycles. The third-order valence-electron chi connectivity index (χ3n) is 2.79. The van der Waals surface area contributed by atoms with E-state index in [-0.39, 0.29) is 15.8 Å². The molecule has 106 valence electrons. The predicted octanol–water partition coefficient (Wildman–Crippen LogP) is 3.13. The van der Waals surface area contributed by atoms with E-state index in [0.29, 0.717) is 10.8 Å². The number of sulfone groups is 1. The minimum Gasteiger partial charge on any atom is -0.258 e. The van der Waals surface area contributed by atoms with E-state index in [0.717, 1.165) is 12.3 Å². The molecule has 0 saturated carbocycles. The molecule has 1 atom stereocenters. The summed E-state index contributed by atoms with van der Waals surface area (Å²) in [5, 5.41) is 10.9. The zero-order valence-corrected chi connectivity index (χ0v) is 12.9. The molecular weight excluding hydrogens is 286 g/mol. The van der Waals surface area contributed by atoms with E-state index >= 15 is 0 Å². The van der Waals surface area contributed by atoms with Gasteiger partial charge in [0.2, 0.25) is 0 Å². The van der Waals surface area contributed by atoms with Gasteiger partial charge in [-0.25, -0.2) is 8.42 Å². The Morgan fingerprint density at radius 1 is 1.26 bits per heavy atom. The molecule has 0 fully saturated rings. The fourth-order valence-electron chi connectivity index (χ4n) is 1.33. The first-order valence-electron chi connectivity index (χ1n) is 5.78. The summed E-state index contributed by atoms with van der Waals surface area (Å²) in [6.07, 6.45) is 1.07. The van der Waals surface area contributed by atoms with Crippen molar-refractivity contribution in [3.63, 3.8) is 0 Å². The number of benzene rings is 1. The second-order valence-corrected chi connectivity index (χ2v) is 8.13. The predicted molar refractivity (Wildman–Crippen MR) is 76.4 cm³/mol. The first-order valence-corrected chi connectivity index (χ1v) is 8.55. The standard InChI is InChI=1S/C12H17NO4S2/c1-8(2)9(3)18-11-6-5-10(13(14)15)7-12(11)19(4,16)17/h5-9H,1-4H3. The van der Waals surface area contributed by atoms with Crippen LogP contribution in [-0.4, -0.2) is 24.8 Å². The van der Waals surface area contributed by atoms with Crippen LogP contribution in [0.5, 0.6) is 0 Å². The second kappa shape index (κ2) is 5.92. The van der Waals surface area contributed by atoms with E-state index < -0.39 is 14.8 Å². The van der Waals surface area contributed by atoms with Crippen molar-refractivity contribution in [1.29, 1.82) is 0 Å². The molecule has 0 saturated heterocycles. The second-order valence-electron chi connectivity index (χ2n) is 4.73. The molecule has 0 amide bonds. The Balaban J connectivity index is 3.29. The number of thioether (sulfide) groups is 1. The van der Waals surface area contributed by atoms with Crippen LogP contribution >= 0.6 is 11.8 Å². The highest BCUT2D eigenvalue weighted by molar-refractivity contribution is 8.00. The maximum atomic E-state index is 11.7. The Bertz CT molecular complexity index is 581. The van der Waals surface area contributed by atoms with E-state index in [1.54, 1.807) is 0 Å². The molecule has 1 rings (SSSR count). The van der Waals surface area contributed by atoms with Gasteiger partial charge in [-0.2, -0.15) is 0 Å². The third-order valence-corrected chi connectivity index (χ3v) is 5.58. The SMILES string of the molecule is CC(C)C(C)Sc1ccc([N+](=O)[O-])cc1S(C)(=O)=O. The van der Waals surface area contributed by atoms with Crippen molar-refractivity contribution in [2.75, 3.05) is 6.26 Å². The average molecular weight is 303 g/mol. The molecule has 1 aromatic rings. The van der Waals surface area contributed by atoms with Gasteiger partial charge in [-0.15, -0.1) is 11.8 Å². The molecule has 0 bridgehead atoms. The molecule has 1 aromatic carbocycles. The monoisotopic (exact) mass is 303 g/mol. The van der Waals surface area contributed by atoms with Crippen LogP contribution in [0.4, 0.5) is 5.69 Å². The van der Waals surface area contributed by atoms with E-state index in [1.165, 1.54) is 23.9 Å². The largest absolute Gasteiger partial charge is 0.270 e. The van der Waals surface area contributed by atoms with Crippen LogP contribution in [0.15, 0.2) is 28.0 Å². The number of rotatable bonds is 5. The summed E-state index contributed by atoms with van der Waals surface area (Å²) >= 11 is 1.42. The average Bonchev–Trinajstić information content (AvgIpc) is 2.27. The first kappa shape index (κ1) is 16.0. The highest BCUT2D eigenvalue weighted by Gasteiger charge is 2.20. The normalized spacial score (nSPS) is 13.5. The number of nitrogens with zero attached hydrogens (tertiary/aromatic N) is 1. The molecule has 19 heavy (non-hydrogen) atoms. The third kappa shape index (κ3) is 4.21. The van der Waals surface area contributed by atoms with Gasteiger partial charge in [0.1, 0.15) is 0 Å². The summed E-state index contributed by atoms with van der Waals surface area (Å²) in [5.74, 6) is 0.382. The summed E-state index contributed by atoms with van der Waals surface area (Å²) in [6.45, 7) is 6.09. The van der Waals surface area contributed by atoms with Gasteiger partial charge >= 0.3 is 0 Å². The number of hydrogen-bond donors (Lipinski definition) is 0. The molecule has 0 spiro atoms. The van der Waals surface area contributed by atoms with Crippen LogP contribution in [0.2, 0.25) is 0 Å². The van der Waals surface area contributed by atoms with Crippen molar-refractivity contribution < 1.29 is 13.3 Å². The first-order chi connectivity index (χ1) is 8.62. The molecular formula is C12H17NO4S2. The Morgan fingerprint density at radius 2 is 1.84 bits per heavy atom. The Labute approximate surface area is 117 Å². The zero-order chi connectivity index (χ0) is 14.8. The van der Waals surface area contributed by atoms with E-state index in [2.05, 4.69) is 0 Å². The van der Waals surface area contributed by atoms with Crippen LogP contribution in [0.1, 0.15) is 20.8 Å². The quantitative estimate of drug-likeness (QED) is 0.474. The van der Waals surface area contributed by atoms with E-state index in [1.807, 2.05) is 20.8 Å². The number of nitro benzene ring substituents is 1. The smallest absolute Gasteiger partial charge is 0.258 e. The highest BCUT2D eigenvalue weighted by Crippen LogP contribution is 2.34. The number of non-ortho nitro benzene ring substituents is 1. The molecule has 7 heteroatoms. The lowest BCUT2D eigenvalue weighted by atomic mass is 10.2.